The van der Waals surface area contributed by atoms with E-state index in [2.05, 4.69) is 94.2 Å². The molecule has 12 rings (SSSR count). The number of pyridine rings is 2. The van der Waals surface area contributed by atoms with Gasteiger partial charge in [0.15, 0.2) is 43.8 Å². The summed E-state index contributed by atoms with van der Waals surface area (Å²) in [5.41, 5.74) is 14.4. The van der Waals surface area contributed by atoms with Gasteiger partial charge in [-0.05, 0) is 131 Å². The van der Waals surface area contributed by atoms with Crippen molar-refractivity contribution < 1.29 is 18.9 Å². The number of piperidine rings is 2. The molecule has 2 fully saturated rings. The van der Waals surface area contributed by atoms with E-state index in [4.69, 9.17) is 47.9 Å². The second-order valence-electron chi connectivity index (χ2n) is 18.3. The molecule has 390 valence electrons. The van der Waals surface area contributed by atoms with Crippen LogP contribution in [-0.4, -0.2) is 88.8 Å². The van der Waals surface area contributed by atoms with Gasteiger partial charge in [-0.15, -0.1) is 11.3 Å². The first-order chi connectivity index (χ1) is 37.2. The number of nitrogen functional groups attached to an aromatic ring is 1. The van der Waals surface area contributed by atoms with Gasteiger partial charge in [-0.1, -0.05) is 83.4 Å². The Morgan fingerprint density at radius 2 is 1.09 bits per heavy atom. The predicted octanol–water partition coefficient (Wildman–Crippen LogP) is 13.2. The number of thioether (sulfide) groups is 1. The molecule has 8 heterocycles. The molecule has 0 atom stereocenters. The minimum Gasteiger partial charge on any atom is -0.454 e. The summed E-state index contributed by atoms with van der Waals surface area (Å²) in [5, 5.41) is 30.7. The van der Waals surface area contributed by atoms with Crippen LogP contribution in [0.5, 0.6) is 23.0 Å². The van der Waals surface area contributed by atoms with Crippen LogP contribution in [0, 0.1) is 22.7 Å². The second-order valence-corrected chi connectivity index (χ2v) is 22.1. The van der Waals surface area contributed by atoms with Crippen molar-refractivity contribution in [2.24, 2.45) is 0 Å². The molecule has 4 aromatic heterocycles. The molecule has 4 aromatic carbocycles. The summed E-state index contributed by atoms with van der Waals surface area (Å²) in [6.07, 6.45) is 15.3. The largest absolute Gasteiger partial charge is 0.454 e. The summed E-state index contributed by atoms with van der Waals surface area (Å²) in [5.74, 6) is 2.26. The maximum atomic E-state index is 9.76. The molecule has 0 bridgehead atoms. The van der Waals surface area contributed by atoms with Crippen molar-refractivity contribution >= 4 is 118 Å². The minimum atomic E-state index is 0.118. The number of aromatic nitrogens is 4. The Balaban J connectivity index is 0.000000144. The maximum absolute atomic E-state index is 9.76. The highest BCUT2D eigenvalue weighted by molar-refractivity contribution is 8.00. The highest BCUT2D eigenvalue weighted by Crippen LogP contribution is 2.48. The van der Waals surface area contributed by atoms with Gasteiger partial charge < -0.3 is 50.4 Å². The molecular weight excluding hydrogens is 1060 g/mol. The standard InChI is InChI=1S/C27H25ClN6O2S.C15H9ClN4O2S2.C13H20N2/c28-20-8-9-21-24(36-16-35-21)23(20)32-22-18(14-29)15-30-26-25(22)37-27(33-26)31-19-6-4-17(5-7-19)10-13-34-11-2-1-3-12-34;1-23-15-20-14-13(24-15)10(7(4-17)5-18-14)19-11-8(16)2-3-9-12(11)22-6-21-9;14-13-6-4-12(5-7-13)8-11-15-9-2-1-3-10-15/h4-9,15H,1-3,10-13,16H2,(H2,30,31,32,33);2-3,5H,6H2,1H3,(H,18,19);4-7H,1-3,8-11,14H2. The van der Waals surface area contributed by atoms with Crippen molar-refractivity contribution in [2.45, 2.75) is 55.7 Å². The summed E-state index contributed by atoms with van der Waals surface area (Å²) in [6.45, 7) is 7.57. The second kappa shape index (κ2) is 24.9. The summed E-state index contributed by atoms with van der Waals surface area (Å²) in [6, 6.07) is 28.1. The Labute approximate surface area is 463 Å². The van der Waals surface area contributed by atoms with Crippen molar-refractivity contribution in [3.8, 4) is 35.1 Å². The Morgan fingerprint density at radius 3 is 1.59 bits per heavy atom. The van der Waals surface area contributed by atoms with E-state index < -0.39 is 0 Å². The molecule has 2 saturated heterocycles. The number of rotatable bonds is 13. The highest BCUT2D eigenvalue weighted by Gasteiger charge is 2.25. The number of thiazole rings is 2. The molecule has 76 heavy (non-hydrogen) atoms. The first kappa shape index (κ1) is 52.6. The number of hydrogen-bond acceptors (Lipinski definition) is 19. The van der Waals surface area contributed by atoms with E-state index in [1.807, 2.05) is 18.4 Å². The Morgan fingerprint density at radius 1 is 0.605 bits per heavy atom. The van der Waals surface area contributed by atoms with Gasteiger partial charge in [0.1, 0.15) is 28.2 Å². The van der Waals surface area contributed by atoms with Gasteiger partial charge in [0.05, 0.1) is 37.2 Å². The number of likely N-dealkylation sites (tertiary alicyclic amines) is 2. The van der Waals surface area contributed by atoms with Gasteiger partial charge in [0.2, 0.25) is 13.6 Å². The zero-order valence-electron chi connectivity index (χ0n) is 41.7. The average molecular weight is 1110 g/mol. The number of nitrogens with zero attached hydrogens (tertiary/aromatic N) is 8. The predicted molar refractivity (Wildman–Crippen MR) is 306 cm³/mol. The molecule has 0 aliphatic carbocycles. The number of hydrogen-bond donors (Lipinski definition) is 4. The number of nitrogens with one attached hydrogen (secondary N) is 3. The van der Waals surface area contributed by atoms with Crippen molar-refractivity contribution in [2.75, 3.05) is 80.8 Å². The summed E-state index contributed by atoms with van der Waals surface area (Å²) < 4.78 is 24.4. The van der Waals surface area contributed by atoms with Crippen LogP contribution in [0.4, 0.5) is 39.3 Å². The third-order valence-corrected chi connectivity index (χ3v) is 16.9. The topological polar surface area (TPSA) is 205 Å². The molecule has 0 radical (unpaired) electrons. The Hall–Kier alpha value is -6.81. The first-order valence-corrected chi connectivity index (χ1v) is 28.6. The number of halogens is 2. The van der Waals surface area contributed by atoms with Crippen LogP contribution in [0.25, 0.3) is 20.7 Å². The third-order valence-electron chi connectivity index (χ3n) is 13.2. The van der Waals surface area contributed by atoms with Crippen molar-refractivity contribution in [1.82, 2.24) is 29.7 Å². The van der Waals surface area contributed by atoms with Crippen molar-refractivity contribution in [3.05, 3.63) is 117 Å². The lowest BCUT2D eigenvalue weighted by molar-refractivity contribution is 0.174. The van der Waals surface area contributed by atoms with E-state index in [0.717, 1.165) is 44.5 Å². The first-order valence-electron chi connectivity index (χ1n) is 25.0. The highest BCUT2D eigenvalue weighted by atomic mass is 35.5. The molecule has 0 spiro atoms. The molecule has 0 saturated carbocycles. The number of nitrogens with two attached hydrogens (primary N) is 1. The maximum Gasteiger partial charge on any atom is 0.231 e. The van der Waals surface area contributed by atoms with Gasteiger partial charge in [0, 0.05) is 36.9 Å². The van der Waals surface area contributed by atoms with Crippen LogP contribution in [-0.2, 0) is 12.8 Å². The van der Waals surface area contributed by atoms with Gasteiger partial charge in [-0.3, -0.25) is 0 Å². The number of anilines is 7. The van der Waals surface area contributed by atoms with E-state index in [-0.39, 0.29) is 13.6 Å². The summed E-state index contributed by atoms with van der Waals surface area (Å²) >= 11 is 17.2. The van der Waals surface area contributed by atoms with E-state index in [9.17, 15) is 10.5 Å². The molecule has 5 N–H and O–H groups in total. The fourth-order valence-corrected chi connectivity index (χ4v) is 12.0. The van der Waals surface area contributed by atoms with Gasteiger partial charge in [-0.2, -0.15) is 15.5 Å². The molecule has 4 aliphatic heterocycles. The molecule has 0 amide bonds. The zero-order valence-corrected chi connectivity index (χ0v) is 45.6. The fourth-order valence-electron chi connectivity index (χ4n) is 9.17. The fraction of sp³-hybridized carbons (Fsp3) is 0.309. The third kappa shape index (κ3) is 12.5. The number of nitriles is 2. The van der Waals surface area contributed by atoms with Crippen LogP contribution in [0.3, 0.4) is 0 Å². The van der Waals surface area contributed by atoms with E-state index in [0.29, 0.717) is 83.3 Å². The number of fused-ring (bicyclic) bond motifs is 4. The molecule has 16 nitrogen and oxygen atoms in total. The minimum absolute atomic E-state index is 0.118. The lowest BCUT2D eigenvalue weighted by Crippen LogP contribution is -2.31. The smallest absolute Gasteiger partial charge is 0.231 e. The Kier molecular flexibility index (Phi) is 17.2. The molecule has 4 aliphatic rings. The van der Waals surface area contributed by atoms with E-state index >= 15 is 0 Å². The molecule has 21 heteroatoms. The van der Waals surface area contributed by atoms with Crippen LogP contribution in [0.2, 0.25) is 10.0 Å². The average Bonchev–Trinajstić information content (AvgIpc) is 4.31. The normalized spacial score (nSPS) is 14.8. The van der Waals surface area contributed by atoms with Crippen LogP contribution < -0.4 is 40.6 Å². The van der Waals surface area contributed by atoms with Crippen molar-refractivity contribution in [1.29, 1.82) is 10.5 Å². The van der Waals surface area contributed by atoms with Gasteiger partial charge >= 0.3 is 0 Å². The summed E-state index contributed by atoms with van der Waals surface area (Å²) in [7, 11) is 0. The van der Waals surface area contributed by atoms with Crippen molar-refractivity contribution in [3.63, 3.8) is 0 Å². The van der Waals surface area contributed by atoms with Crippen LogP contribution in [0.1, 0.15) is 60.8 Å². The summed E-state index contributed by atoms with van der Waals surface area (Å²) in [4.78, 5) is 22.9. The molecule has 8 aromatic rings. The van der Waals surface area contributed by atoms with Crippen LogP contribution >= 0.6 is 57.6 Å². The number of benzene rings is 4. The van der Waals surface area contributed by atoms with E-state index in [1.165, 1.54) is 129 Å². The zero-order chi connectivity index (χ0) is 52.4. The van der Waals surface area contributed by atoms with E-state index in [1.54, 1.807) is 24.3 Å². The van der Waals surface area contributed by atoms with Crippen LogP contribution in [0.15, 0.2) is 89.5 Å². The molecule has 0 unspecified atom stereocenters. The number of ether oxygens (including phenoxy) is 4. The van der Waals surface area contributed by atoms with Gasteiger partial charge in [0.25, 0.3) is 0 Å². The monoisotopic (exact) mass is 1110 g/mol. The lowest BCUT2D eigenvalue weighted by Gasteiger charge is -2.26. The van der Waals surface area contributed by atoms with Gasteiger partial charge in [-0.25, -0.2) is 15.0 Å². The Bertz CT molecular complexity index is 3410. The quantitative estimate of drug-likeness (QED) is 0.0626. The SMILES string of the molecule is CSc1nc2ncc(C#N)c(Nc3c(Cl)ccc4c3OCO4)c2s1.N#Cc1cnc2nc(Nc3ccc(CCN4CCCCC4)cc3)sc2c1Nc1c(Cl)ccc2c1OCO2.Nc1ccc(CCN2CCCCC2)cc1. The lowest BCUT2D eigenvalue weighted by atomic mass is 10.1. The molecular formula is C55H54Cl2N12O4S3.